The van der Waals surface area contributed by atoms with E-state index in [4.69, 9.17) is 0 Å². The third kappa shape index (κ3) is 1.82. The minimum absolute atomic E-state index is 0.808. The highest BCUT2D eigenvalue weighted by atomic mass is 15.2. The van der Waals surface area contributed by atoms with Gasteiger partial charge in [0.25, 0.3) is 0 Å². The van der Waals surface area contributed by atoms with E-state index in [-0.39, 0.29) is 0 Å². The predicted molar refractivity (Wildman–Crippen MR) is 60.4 cm³/mol. The Morgan fingerprint density at radius 3 is 2.07 bits per heavy atom. The van der Waals surface area contributed by atoms with Crippen LogP contribution in [0.15, 0.2) is 0 Å². The van der Waals surface area contributed by atoms with Gasteiger partial charge in [-0.05, 0) is 31.7 Å². The Hall–Kier alpha value is -0.0800. The second-order valence-electron chi connectivity index (χ2n) is 5.35. The average molecular weight is 196 g/mol. The second-order valence-corrected chi connectivity index (χ2v) is 5.35. The molecule has 0 amide bonds. The van der Waals surface area contributed by atoms with E-state index in [0.29, 0.717) is 0 Å². The van der Waals surface area contributed by atoms with E-state index < -0.39 is 0 Å². The van der Waals surface area contributed by atoms with Gasteiger partial charge in [-0.15, -0.1) is 0 Å². The molecule has 0 spiro atoms. The molecule has 2 aliphatic rings. The molecule has 2 unspecified atom stereocenters. The van der Waals surface area contributed by atoms with Crippen LogP contribution in [0.5, 0.6) is 0 Å². The van der Waals surface area contributed by atoms with Crippen LogP contribution in [0.4, 0.5) is 0 Å². The summed E-state index contributed by atoms with van der Waals surface area (Å²) in [5.74, 6) is 1.79. The maximum atomic E-state index is 3.37. The third-order valence-corrected chi connectivity index (χ3v) is 4.29. The van der Waals surface area contributed by atoms with Crippen LogP contribution in [-0.4, -0.2) is 37.1 Å². The van der Waals surface area contributed by atoms with Crippen LogP contribution in [0.3, 0.4) is 0 Å². The van der Waals surface area contributed by atoms with Gasteiger partial charge in [0.2, 0.25) is 0 Å². The van der Waals surface area contributed by atoms with Gasteiger partial charge in [-0.25, -0.2) is 0 Å². The van der Waals surface area contributed by atoms with E-state index in [2.05, 4.69) is 31.1 Å². The smallest absolute Gasteiger partial charge is 0.0345 e. The Labute approximate surface area is 88.1 Å². The van der Waals surface area contributed by atoms with Crippen molar-refractivity contribution in [2.45, 2.75) is 45.2 Å². The summed E-state index contributed by atoms with van der Waals surface area (Å²) in [4.78, 5) is 2.64. The summed E-state index contributed by atoms with van der Waals surface area (Å²) < 4.78 is 0. The summed E-state index contributed by atoms with van der Waals surface area (Å²) in [5.41, 5.74) is 0. The molecule has 0 aromatic heterocycles. The van der Waals surface area contributed by atoms with Gasteiger partial charge in [-0.2, -0.15) is 0 Å². The zero-order chi connectivity index (χ0) is 10.1. The third-order valence-electron chi connectivity index (χ3n) is 4.29. The van der Waals surface area contributed by atoms with E-state index in [0.717, 1.165) is 23.9 Å². The molecule has 2 atom stereocenters. The summed E-state index contributed by atoms with van der Waals surface area (Å²) in [5, 5.41) is 3.37. The zero-order valence-electron chi connectivity index (χ0n) is 9.79. The first kappa shape index (κ1) is 10.4. The van der Waals surface area contributed by atoms with Crippen molar-refractivity contribution in [2.24, 2.45) is 11.8 Å². The van der Waals surface area contributed by atoms with Gasteiger partial charge in [0.15, 0.2) is 0 Å². The highest BCUT2D eigenvalue weighted by Gasteiger charge is 2.35. The first-order chi connectivity index (χ1) is 6.70. The maximum absolute atomic E-state index is 3.37. The van der Waals surface area contributed by atoms with E-state index in [9.17, 15) is 0 Å². The molecular weight excluding hydrogens is 172 g/mol. The van der Waals surface area contributed by atoms with Crippen LogP contribution < -0.4 is 5.32 Å². The van der Waals surface area contributed by atoms with Crippen molar-refractivity contribution in [1.82, 2.24) is 10.2 Å². The standard InChI is InChI=1S/C12H24N2/c1-9-5-4-6-10(2)12(9)14(3)11-7-13-8-11/h9-13H,4-8H2,1-3H3. The van der Waals surface area contributed by atoms with Crippen molar-refractivity contribution in [3.8, 4) is 0 Å². The average Bonchev–Trinajstić information content (AvgIpc) is 2.00. The minimum Gasteiger partial charge on any atom is -0.314 e. The molecule has 2 rings (SSSR count). The SMILES string of the molecule is CC1CCCC(C)C1N(C)C1CNC1. The molecule has 0 bridgehead atoms. The van der Waals surface area contributed by atoms with E-state index in [1.54, 1.807) is 0 Å². The Bertz CT molecular complexity index is 179. The molecule has 1 aliphatic carbocycles. The van der Waals surface area contributed by atoms with Gasteiger partial charge in [0, 0.05) is 25.2 Å². The van der Waals surface area contributed by atoms with Crippen molar-refractivity contribution in [3.05, 3.63) is 0 Å². The summed E-state index contributed by atoms with van der Waals surface area (Å²) >= 11 is 0. The largest absolute Gasteiger partial charge is 0.314 e. The minimum atomic E-state index is 0.808. The topological polar surface area (TPSA) is 15.3 Å². The first-order valence-corrected chi connectivity index (χ1v) is 6.13. The Balaban J connectivity index is 1.97. The summed E-state index contributed by atoms with van der Waals surface area (Å²) in [6, 6.07) is 1.64. The molecule has 2 heteroatoms. The van der Waals surface area contributed by atoms with Crippen LogP contribution in [0, 0.1) is 11.8 Å². The van der Waals surface area contributed by atoms with Crippen molar-refractivity contribution < 1.29 is 0 Å². The molecule has 82 valence electrons. The normalized spacial score (nSPS) is 39.9. The van der Waals surface area contributed by atoms with Crippen LogP contribution in [-0.2, 0) is 0 Å². The number of rotatable bonds is 2. The number of likely N-dealkylation sites (N-methyl/N-ethyl adjacent to an activating group) is 1. The molecule has 1 N–H and O–H groups in total. The van der Waals surface area contributed by atoms with Gasteiger partial charge < -0.3 is 5.32 Å². The second kappa shape index (κ2) is 4.19. The lowest BCUT2D eigenvalue weighted by Crippen LogP contribution is -2.61. The summed E-state index contributed by atoms with van der Waals surface area (Å²) in [6.45, 7) is 7.27. The molecule has 1 heterocycles. The predicted octanol–water partition coefficient (Wildman–Crippen LogP) is 1.71. The van der Waals surface area contributed by atoms with Crippen molar-refractivity contribution in [3.63, 3.8) is 0 Å². The van der Waals surface area contributed by atoms with Gasteiger partial charge in [0.05, 0.1) is 0 Å². The molecular formula is C12H24N2. The fraction of sp³-hybridized carbons (Fsp3) is 1.00. The number of hydrogen-bond donors (Lipinski definition) is 1. The number of nitrogens with one attached hydrogen (secondary N) is 1. The Kier molecular flexibility index (Phi) is 3.13. The molecule has 2 fully saturated rings. The monoisotopic (exact) mass is 196 g/mol. The fourth-order valence-corrected chi connectivity index (χ4v) is 3.27. The molecule has 1 saturated carbocycles. The molecule has 2 nitrogen and oxygen atoms in total. The fourth-order valence-electron chi connectivity index (χ4n) is 3.27. The Morgan fingerprint density at radius 2 is 1.64 bits per heavy atom. The zero-order valence-corrected chi connectivity index (χ0v) is 9.79. The van der Waals surface area contributed by atoms with Crippen LogP contribution in [0.2, 0.25) is 0 Å². The lowest BCUT2D eigenvalue weighted by Gasteiger charge is -2.47. The van der Waals surface area contributed by atoms with Gasteiger partial charge in [-0.3, -0.25) is 4.90 Å². The first-order valence-electron chi connectivity index (χ1n) is 6.13. The van der Waals surface area contributed by atoms with Crippen LogP contribution in [0.25, 0.3) is 0 Å². The summed E-state index contributed by atoms with van der Waals surface area (Å²) in [6.07, 6.45) is 4.30. The van der Waals surface area contributed by atoms with Crippen molar-refractivity contribution in [1.29, 1.82) is 0 Å². The van der Waals surface area contributed by atoms with E-state index in [1.165, 1.54) is 32.4 Å². The molecule has 14 heavy (non-hydrogen) atoms. The van der Waals surface area contributed by atoms with Gasteiger partial charge in [-0.1, -0.05) is 20.3 Å². The lowest BCUT2D eigenvalue weighted by molar-refractivity contribution is 0.0377. The Morgan fingerprint density at radius 1 is 1.07 bits per heavy atom. The van der Waals surface area contributed by atoms with Crippen molar-refractivity contribution in [2.75, 3.05) is 20.1 Å². The van der Waals surface area contributed by atoms with Gasteiger partial charge >= 0.3 is 0 Å². The lowest BCUT2D eigenvalue weighted by atomic mass is 9.77. The van der Waals surface area contributed by atoms with Crippen molar-refractivity contribution >= 4 is 0 Å². The van der Waals surface area contributed by atoms with E-state index >= 15 is 0 Å². The quantitative estimate of drug-likeness (QED) is 0.723. The number of nitrogens with zero attached hydrogens (tertiary/aromatic N) is 1. The number of hydrogen-bond acceptors (Lipinski definition) is 2. The highest BCUT2D eigenvalue weighted by Crippen LogP contribution is 2.33. The highest BCUT2D eigenvalue weighted by molar-refractivity contribution is 4.92. The molecule has 0 aromatic carbocycles. The van der Waals surface area contributed by atoms with Gasteiger partial charge in [0.1, 0.15) is 0 Å². The molecule has 1 saturated heterocycles. The van der Waals surface area contributed by atoms with E-state index in [1.807, 2.05) is 0 Å². The van der Waals surface area contributed by atoms with Crippen LogP contribution in [0.1, 0.15) is 33.1 Å². The maximum Gasteiger partial charge on any atom is 0.0345 e. The van der Waals surface area contributed by atoms with Crippen LogP contribution >= 0.6 is 0 Å². The summed E-state index contributed by atoms with van der Waals surface area (Å²) in [7, 11) is 2.33. The molecule has 1 aliphatic heterocycles. The molecule has 0 aromatic rings. The molecule has 0 radical (unpaired) electrons.